The zero-order valence-electron chi connectivity index (χ0n) is 14.5. The molecule has 0 bridgehead atoms. The number of piperidine rings is 1. The SMILES string of the molecule is Cn1ccnc(NC(=O)N2CCC[C@@H](C(=O)OC(C)(C)C)C2)c1=O. The number of aryl methyl sites for hydroxylation is 1. The van der Waals surface area contributed by atoms with E-state index in [-0.39, 0.29) is 29.8 Å². The Morgan fingerprint density at radius 1 is 1.38 bits per heavy atom. The van der Waals surface area contributed by atoms with Crippen molar-refractivity contribution in [2.75, 3.05) is 18.4 Å². The van der Waals surface area contributed by atoms with Gasteiger partial charge in [-0.2, -0.15) is 0 Å². The number of nitrogens with one attached hydrogen (secondary N) is 1. The predicted molar refractivity (Wildman–Crippen MR) is 88.6 cm³/mol. The van der Waals surface area contributed by atoms with Gasteiger partial charge in [0, 0.05) is 32.5 Å². The lowest BCUT2D eigenvalue weighted by molar-refractivity contribution is -0.161. The zero-order valence-corrected chi connectivity index (χ0v) is 14.5. The van der Waals surface area contributed by atoms with Crippen LogP contribution in [0.5, 0.6) is 0 Å². The van der Waals surface area contributed by atoms with Crippen LogP contribution in [0.25, 0.3) is 0 Å². The molecule has 1 aromatic heterocycles. The molecule has 1 aromatic rings. The van der Waals surface area contributed by atoms with Gasteiger partial charge in [-0.15, -0.1) is 0 Å². The molecule has 24 heavy (non-hydrogen) atoms. The third-order valence-electron chi connectivity index (χ3n) is 3.69. The standard InChI is InChI=1S/C16H24N4O4/c1-16(2,3)24-14(22)11-6-5-8-20(10-11)15(23)18-12-13(21)19(4)9-7-17-12/h7,9,11H,5-6,8,10H2,1-4H3,(H,17,18,23)/t11-/m1/s1. The van der Waals surface area contributed by atoms with Crippen molar-refractivity contribution in [3.8, 4) is 0 Å². The Morgan fingerprint density at radius 3 is 2.75 bits per heavy atom. The molecule has 1 saturated heterocycles. The van der Waals surface area contributed by atoms with Gasteiger partial charge in [0.05, 0.1) is 5.92 Å². The van der Waals surface area contributed by atoms with E-state index in [1.807, 2.05) is 20.8 Å². The van der Waals surface area contributed by atoms with Crippen LogP contribution in [0.2, 0.25) is 0 Å². The molecule has 0 aromatic carbocycles. The second-order valence-electron chi connectivity index (χ2n) is 6.94. The number of rotatable bonds is 2. The minimum atomic E-state index is -0.554. The molecule has 0 saturated carbocycles. The summed E-state index contributed by atoms with van der Waals surface area (Å²) in [5.41, 5.74) is -0.937. The first-order valence-corrected chi connectivity index (χ1v) is 7.98. The monoisotopic (exact) mass is 336 g/mol. The third kappa shape index (κ3) is 4.56. The second-order valence-corrected chi connectivity index (χ2v) is 6.94. The Balaban J connectivity index is 2.01. The number of esters is 1. The number of carbonyl (C=O) groups excluding carboxylic acids is 2. The molecule has 1 N–H and O–H groups in total. The molecule has 2 amide bonds. The molecule has 2 rings (SSSR count). The topological polar surface area (TPSA) is 93.5 Å². The van der Waals surface area contributed by atoms with Crippen LogP contribution in [0.4, 0.5) is 10.6 Å². The summed E-state index contributed by atoms with van der Waals surface area (Å²) in [6.45, 7) is 6.24. The van der Waals surface area contributed by atoms with Crippen molar-refractivity contribution in [1.82, 2.24) is 14.5 Å². The lowest BCUT2D eigenvalue weighted by Crippen LogP contribution is -2.46. The highest BCUT2D eigenvalue weighted by atomic mass is 16.6. The molecule has 1 fully saturated rings. The van der Waals surface area contributed by atoms with E-state index in [1.54, 1.807) is 7.05 Å². The van der Waals surface area contributed by atoms with Crippen LogP contribution < -0.4 is 10.9 Å². The van der Waals surface area contributed by atoms with Crippen molar-refractivity contribution >= 4 is 17.8 Å². The number of urea groups is 1. The number of carbonyl (C=O) groups is 2. The van der Waals surface area contributed by atoms with Crippen molar-refractivity contribution in [3.63, 3.8) is 0 Å². The van der Waals surface area contributed by atoms with Crippen molar-refractivity contribution in [2.24, 2.45) is 13.0 Å². The molecule has 1 aliphatic heterocycles. The molecule has 8 nitrogen and oxygen atoms in total. The van der Waals surface area contributed by atoms with E-state index in [9.17, 15) is 14.4 Å². The molecule has 132 valence electrons. The fourth-order valence-corrected chi connectivity index (χ4v) is 2.50. The van der Waals surface area contributed by atoms with E-state index < -0.39 is 11.6 Å². The molecule has 1 aliphatic rings. The first-order valence-electron chi connectivity index (χ1n) is 7.98. The van der Waals surface area contributed by atoms with Gasteiger partial charge in [-0.05, 0) is 33.6 Å². The molecular weight excluding hydrogens is 312 g/mol. The third-order valence-corrected chi connectivity index (χ3v) is 3.69. The number of hydrogen-bond acceptors (Lipinski definition) is 5. The molecule has 8 heteroatoms. The Hall–Kier alpha value is -2.38. The molecule has 0 radical (unpaired) electrons. The predicted octanol–water partition coefficient (Wildman–Crippen LogP) is 1.37. The minimum Gasteiger partial charge on any atom is -0.460 e. The van der Waals surface area contributed by atoms with Gasteiger partial charge in [-0.25, -0.2) is 9.78 Å². The summed E-state index contributed by atoms with van der Waals surface area (Å²) >= 11 is 0. The number of aromatic nitrogens is 2. The van der Waals surface area contributed by atoms with Crippen LogP contribution in [0.3, 0.4) is 0 Å². The Kier molecular flexibility index (Phi) is 5.26. The Labute approximate surface area is 140 Å². The highest BCUT2D eigenvalue weighted by Gasteiger charge is 2.31. The van der Waals surface area contributed by atoms with Crippen molar-refractivity contribution in [3.05, 3.63) is 22.7 Å². The number of amides is 2. The van der Waals surface area contributed by atoms with Crippen LogP contribution in [0.1, 0.15) is 33.6 Å². The Bertz CT molecular complexity index is 677. The number of ether oxygens (including phenoxy) is 1. The van der Waals surface area contributed by atoms with E-state index in [1.165, 1.54) is 21.9 Å². The first kappa shape index (κ1) is 18.0. The molecule has 2 heterocycles. The summed E-state index contributed by atoms with van der Waals surface area (Å²) in [6, 6.07) is -0.431. The fraction of sp³-hybridized carbons (Fsp3) is 0.625. The van der Waals surface area contributed by atoms with E-state index in [0.29, 0.717) is 19.4 Å². The highest BCUT2D eigenvalue weighted by Crippen LogP contribution is 2.21. The maximum absolute atomic E-state index is 12.4. The van der Waals surface area contributed by atoms with Gasteiger partial charge in [0.15, 0.2) is 0 Å². The maximum atomic E-state index is 12.4. The summed E-state index contributed by atoms with van der Waals surface area (Å²) in [5, 5.41) is 2.52. The van der Waals surface area contributed by atoms with Crippen LogP contribution >= 0.6 is 0 Å². The first-order chi connectivity index (χ1) is 11.2. The smallest absolute Gasteiger partial charge is 0.323 e. The van der Waals surface area contributed by atoms with Gasteiger partial charge in [0.25, 0.3) is 5.56 Å². The van der Waals surface area contributed by atoms with Crippen molar-refractivity contribution in [2.45, 2.75) is 39.2 Å². The highest BCUT2D eigenvalue weighted by molar-refractivity contribution is 5.88. The van der Waals surface area contributed by atoms with E-state index in [2.05, 4.69) is 10.3 Å². The van der Waals surface area contributed by atoms with Gasteiger partial charge in [-0.3, -0.25) is 14.9 Å². The lowest BCUT2D eigenvalue weighted by atomic mass is 9.98. The summed E-state index contributed by atoms with van der Waals surface area (Å²) in [5.74, 6) is -0.673. The second kappa shape index (κ2) is 7.02. The molecule has 0 unspecified atom stereocenters. The van der Waals surface area contributed by atoms with Crippen LogP contribution in [0, 0.1) is 5.92 Å². The van der Waals surface area contributed by atoms with Gasteiger partial charge in [0.1, 0.15) is 5.60 Å². The zero-order chi connectivity index (χ0) is 17.9. The van der Waals surface area contributed by atoms with Crippen LogP contribution in [-0.2, 0) is 16.6 Å². The number of anilines is 1. The minimum absolute atomic E-state index is 0.0237. The van der Waals surface area contributed by atoms with Crippen LogP contribution in [-0.4, -0.2) is 45.1 Å². The van der Waals surface area contributed by atoms with Gasteiger partial charge < -0.3 is 14.2 Å². The summed E-state index contributed by atoms with van der Waals surface area (Å²) in [7, 11) is 1.58. The molecular formula is C16H24N4O4. The quantitative estimate of drug-likeness (QED) is 0.823. The summed E-state index contributed by atoms with van der Waals surface area (Å²) in [4.78, 5) is 41.9. The van der Waals surface area contributed by atoms with Crippen LogP contribution in [0.15, 0.2) is 17.2 Å². The molecule has 1 atom stereocenters. The van der Waals surface area contributed by atoms with Crippen molar-refractivity contribution < 1.29 is 14.3 Å². The average molecular weight is 336 g/mol. The van der Waals surface area contributed by atoms with Crippen molar-refractivity contribution in [1.29, 1.82) is 0 Å². The maximum Gasteiger partial charge on any atom is 0.323 e. The normalized spacial score (nSPS) is 18.2. The van der Waals surface area contributed by atoms with E-state index in [4.69, 9.17) is 4.74 Å². The number of hydrogen-bond donors (Lipinski definition) is 1. The van der Waals surface area contributed by atoms with Gasteiger partial charge in [-0.1, -0.05) is 0 Å². The lowest BCUT2D eigenvalue weighted by Gasteiger charge is -2.33. The number of nitrogens with zero attached hydrogens (tertiary/aromatic N) is 3. The fourth-order valence-electron chi connectivity index (χ4n) is 2.50. The summed E-state index contributed by atoms with van der Waals surface area (Å²) in [6.07, 6.45) is 4.34. The molecule has 0 spiro atoms. The van der Waals surface area contributed by atoms with Gasteiger partial charge in [0.2, 0.25) is 5.82 Å². The molecule has 0 aliphatic carbocycles. The van der Waals surface area contributed by atoms with E-state index in [0.717, 1.165) is 0 Å². The largest absolute Gasteiger partial charge is 0.460 e. The number of likely N-dealkylation sites (tertiary alicyclic amines) is 1. The van der Waals surface area contributed by atoms with Gasteiger partial charge >= 0.3 is 12.0 Å². The Morgan fingerprint density at radius 2 is 2.08 bits per heavy atom. The average Bonchev–Trinajstić information content (AvgIpc) is 2.50. The van der Waals surface area contributed by atoms with E-state index >= 15 is 0 Å². The summed E-state index contributed by atoms with van der Waals surface area (Å²) < 4.78 is 6.73.